The fraction of sp³-hybridized carbons (Fsp3) is 0.333. The predicted octanol–water partition coefficient (Wildman–Crippen LogP) is 3.83. The number of amides is 2. The van der Waals surface area contributed by atoms with Crippen molar-refractivity contribution in [3.05, 3.63) is 69.2 Å². The first-order chi connectivity index (χ1) is 13.2. The van der Waals surface area contributed by atoms with Gasteiger partial charge >= 0.3 is 0 Å². The fourth-order valence-electron chi connectivity index (χ4n) is 3.26. The SMILES string of the molecule is CC(C)(CO)CN1C(=O)c2ccccc2C1C(=O)NCc1ccc(Cl)c(Cl)c1. The molecule has 0 fully saturated rings. The Balaban J connectivity index is 1.83. The molecule has 3 rings (SSSR count). The molecule has 0 aliphatic carbocycles. The van der Waals surface area contributed by atoms with Gasteiger partial charge in [0.05, 0.1) is 10.0 Å². The van der Waals surface area contributed by atoms with Crippen LogP contribution in [-0.2, 0) is 11.3 Å². The molecule has 1 aliphatic heterocycles. The number of benzene rings is 2. The number of carbonyl (C=O) groups is 2. The first-order valence-electron chi connectivity index (χ1n) is 8.96. The van der Waals surface area contributed by atoms with E-state index in [9.17, 15) is 14.7 Å². The Labute approximate surface area is 174 Å². The van der Waals surface area contributed by atoms with Crippen molar-refractivity contribution < 1.29 is 14.7 Å². The number of aliphatic hydroxyl groups excluding tert-OH is 1. The molecule has 0 saturated heterocycles. The van der Waals surface area contributed by atoms with Crippen LogP contribution in [0, 0.1) is 5.41 Å². The van der Waals surface area contributed by atoms with Gasteiger partial charge in [0.1, 0.15) is 6.04 Å². The summed E-state index contributed by atoms with van der Waals surface area (Å²) < 4.78 is 0. The number of hydrogen-bond donors (Lipinski definition) is 2. The van der Waals surface area contributed by atoms with Crippen molar-refractivity contribution in [2.45, 2.75) is 26.4 Å². The third-order valence-corrected chi connectivity index (χ3v) is 5.52. The maximum atomic E-state index is 13.0. The molecular weight excluding hydrogens is 399 g/mol. The number of rotatable bonds is 6. The van der Waals surface area contributed by atoms with Gasteiger partial charge in [-0.15, -0.1) is 0 Å². The second-order valence-electron chi connectivity index (χ2n) is 7.71. The highest BCUT2D eigenvalue weighted by atomic mass is 35.5. The van der Waals surface area contributed by atoms with Crippen LogP contribution in [0.15, 0.2) is 42.5 Å². The molecule has 0 aromatic heterocycles. The van der Waals surface area contributed by atoms with Crippen molar-refractivity contribution in [1.82, 2.24) is 10.2 Å². The number of carbonyl (C=O) groups excluding carboxylic acids is 2. The minimum absolute atomic E-state index is 0.0925. The van der Waals surface area contributed by atoms with Crippen molar-refractivity contribution in [3.63, 3.8) is 0 Å². The number of hydrogen-bond acceptors (Lipinski definition) is 3. The molecule has 5 nitrogen and oxygen atoms in total. The molecule has 1 unspecified atom stereocenters. The summed E-state index contributed by atoms with van der Waals surface area (Å²) >= 11 is 12.0. The lowest BCUT2D eigenvalue weighted by molar-refractivity contribution is -0.126. The zero-order valence-electron chi connectivity index (χ0n) is 15.7. The second kappa shape index (κ2) is 8.11. The molecule has 0 spiro atoms. The Kier molecular flexibility index (Phi) is 5.98. The van der Waals surface area contributed by atoms with Crippen LogP contribution in [0.3, 0.4) is 0 Å². The molecular formula is C21H22Cl2N2O3. The van der Waals surface area contributed by atoms with Gasteiger partial charge in [0.25, 0.3) is 5.91 Å². The van der Waals surface area contributed by atoms with Gasteiger partial charge in [-0.1, -0.05) is 61.3 Å². The van der Waals surface area contributed by atoms with Gasteiger partial charge in [-0.05, 0) is 29.3 Å². The van der Waals surface area contributed by atoms with Gasteiger partial charge in [0.2, 0.25) is 5.91 Å². The molecule has 7 heteroatoms. The van der Waals surface area contributed by atoms with Crippen LogP contribution in [0.5, 0.6) is 0 Å². The average Bonchev–Trinajstić information content (AvgIpc) is 2.94. The fourth-order valence-corrected chi connectivity index (χ4v) is 3.58. The predicted molar refractivity (Wildman–Crippen MR) is 109 cm³/mol. The standard InChI is InChI=1S/C21H22Cl2N2O3/c1-21(2,12-26)11-25-18(14-5-3-4-6-15(14)20(25)28)19(27)24-10-13-7-8-16(22)17(23)9-13/h3-9,18,26H,10-12H2,1-2H3,(H,24,27). The van der Waals surface area contributed by atoms with E-state index in [0.717, 1.165) is 5.56 Å². The summed E-state index contributed by atoms with van der Waals surface area (Å²) in [6, 6.07) is 11.5. The van der Waals surface area contributed by atoms with E-state index >= 15 is 0 Å². The maximum absolute atomic E-state index is 13.0. The third kappa shape index (κ3) is 4.17. The summed E-state index contributed by atoms with van der Waals surface area (Å²) in [4.78, 5) is 27.5. The van der Waals surface area contributed by atoms with Gasteiger partial charge in [0.15, 0.2) is 0 Å². The van der Waals surface area contributed by atoms with Crippen molar-refractivity contribution in [1.29, 1.82) is 0 Å². The van der Waals surface area contributed by atoms with Gasteiger partial charge in [-0.25, -0.2) is 0 Å². The molecule has 148 valence electrons. The van der Waals surface area contributed by atoms with E-state index in [4.69, 9.17) is 23.2 Å². The highest BCUT2D eigenvalue weighted by Gasteiger charge is 2.42. The van der Waals surface area contributed by atoms with Crippen LogP contribution >= 0.6 is 23.2 Å². The third-order valence-electron chi connectivity index (χ3n) is 4.78. The van der Waals surface area contributed by atoms with Gasteiger partial charge < -0.3 is 15.3 Å². The molecule has 0 saturated carbocycles. The Hall–Kier alpha value is -2.08. The Bertz CT molecular complexity index is 914. The molecule has 1 heterocycles. The monoisotopic (exact) mass is 420 g/mol. The van der Waals surface area contributed by atoms with Gasteiger partial charge in [-0.3, -0.25) is 9.59 Å². The average molecular weight is 421 g/mol. The van der Waals surface area contributed by atoms with E-state index in [0.29, 0.717) is 21.2 Å². The van der Waals surface area contributed by atoms with Crippen LogP contribution < -0.4 is 5.32 Å². The second-order valence-corrected chi connectivity index (χ2v) is 8.53. The Morgan fingerprint density at radius 2 is 1.89 bits per heavy atom. The van der Waals surface area contributed by atoms with E-state index in [1.807, 2.05) is 19.9 Å². The van der Waals surface area contributed by atoms with E-state index in [1.54, 1.807) is 36.4 Å². The lowest BCUT2D eigenvalue weighted by Crippen LogP contribution is -2.44. The normalized spacial score (nSPS) is 16.2. The number of fused-ring (bicyclic) bond motifs is 1. The zero-order chi connectivity index (χ0) is 20.5. The lowest BCUT2D eigenvalue weighted by Gasteiger charge is -2.32. The Morgan fingerprint density at radius 3 is 2.57 bits per heavy atom. The molecule has 28 heavy (non-hydrogen) atoms. The highest BCUT2D eigenvalue weighted by molar-refractivity contribution is 6.42. The van der Waals surface area contributed by atoms with Gasteiger partial charge in [0, 0.05) is 30.7 Å². The topological polar surface area (TPSA) is 69.6 Å². The lowest BCUT2D eigenvalue weighted by atomic mass is 9.93. The van der Waals surface area contributed by atoms with Crippen molar-refractivity contribution in [2.75, 3.05) is 13.2 Å². The summed E-state index contributed by atoms with van der Waals surface area (Å²) in [6.45, 7) is 4.15. The summed E-state index contributed by atoms with van der Waals surface area (Å²) in [5.41, 5.74) is 1.47. The van der Waals surface area contributed by atoms with Crippen LogP contribution in [0.25, 0.3) is 0 Å². The molecule has 2 aromatic carbocycles. The van der Waals surface area contributed by atoms with Crippen molar-refractivity contribution >= 4 is 35.0 Å². The van der Waals surface area contributed by atoms with Gasteiger partial charge in [-0.2, -0.15) is 0 Å². The summed E-state index contributed by atoms with van der Waals surface area (Å²) in [6.07, 6.45) is 0. The van der Waals surface area contributed by atoms with Crippen LogP contribution in [0.2, 0.25) is 10.0 Å². The summed E-state index contributed by atoms with van der Waals surface area (Å²) in [5, 5.41) is 13.4. The smallest absolute Gasteiger partial charge is 0.255 e. The summed E-state index contributed by atoms with van der Waals surface area (Å²) in [7, 11) is 0. The summed E-state index contributed by atoms with van der Waals surface area (Å²) in [5.74, 6) is -0.482. The number of halogens is 2. The zero-order valence-corrected chi connectivity index (χ0v) is 17.2. The van der Waals surface area contributed by atoms with Crippen molar-refractivity contribution in [3.8, 4) is 0 Å². The molecule has 1 aliphatic rings. The first kappa shape index (κ1) is 20.6. The van der Waals surface area contributed by atoms with E-state index in [-0.39, 0.29) is 31.5 Å². The van der Waals surface area contributed by atoms with Crippen LogP contribution in [0.4, 0.5) is 0 Å². The van der Waals surface area contributed by atoms with Crippen LogP contribution in [0.1, 0.15) is 41.4 Å². The maximum Gasteiger partial charge on any atom is 0.255 e. The van der Waals surface area contributed by atoms with Crippen molar-refractivity contribution in [2.24, 2.45) is 5.41 Å². The van der Waals surface area contributed by atoms with Crippen LogP contribution in [-0.4, -0.2) is 35.0 Å². The largest absolute Gasteiger partial charge is 0.396 e. The number of aliphatic hydroxyl groups is 1. The number of nitrogens with zero attached hydrogens (tertiary/aromatic N) is 1. The van der Waals surface area contributed by atoms with E-state index < -0.39 is 11.5 Å². The molecule has 0 bridgehead atoms. The highest BCUT2D eigenvalue weighted by Crippen LogP contribution is 2.36. The molecule has 2 amide bonds. The number of nitrogens with one attached hydrogen (secondary N) is 1. The first-order valence-corrected chi connectivity index (χ1v) is 9.71. The molecule has 0 radical (unpaired) electrons. The van der Waals surface area contributed by atoms with E-state index in [1.165, 1.54) is 4.90 Å². The van der Waals surface area contributed by atoms with E-state index in [2.05, 4.69) is 5.32 Å². The molecule has 1 atom stereocenters. The Morgan fingerprint density at radius 1 is 1.18 bits per heavy atom. The molecule has 2 N–H and O–H groups in total. The quantitative estimate of drug-likeness (QED) is 0.745. The minimum Gasteiger partial charge on any atom is -0.396 e. The minimum atomic E-state index is -0.739. The molecule has 2 aromatic rings.